The highest BCUT2D eigenvalue weighted by Crippen LogP contribution is 2.29. The van der Waals surface area contributed by atoms with Crippen LogP contribution in [0.15, 0.2) is 18.2 Å². The fourth-order valence-electron chi connectivity index (χ4n) is 2.06. The quantitative estimate of drug-likeness (QED) is 0.819. The highest BCUT2D eigenvalue weighted by molar-refractivity contribution is 5.51. The van der Waals surface area contributed by atoms with Crippen LogP contribution in [-0.2, 0) is 6.61 Å². The molecule has 0 amide bonds. The van der Waals surface area contributed by atoms with Gasteiger partial charge in [0.15, 0.2) is 0 Å². The smallest absolute Gasteiger partial charge is 0.0684 e. The van der Waals surface area contributed by atoms with E-state index in [1.165, 1.54) is 30.5 Å². The summed E-state index contributed by atoms with van der Waals surface area (Å²) in [6.07, 6.45) is 4.00. The van der Waals surface area contributed by atoms with Crippen LogP contribution in [0, 0.1) is 6.92 Å². The number of anilines is 1. The van der Waals surface area contributed by atoms with Crippen molar-refractivity contribution in [3.05, 3.63) is 29.3 Å². The zero-order valence-electron chi connectivity index (χ0n) is 9.53. The highest BCUT2D eigenvalue weighted by atomic mass is 16.3. The van der Waals surface area contributed by atoms with E-state index in [9.17, 15) is 0 Å². The van der Waals surface area contributed by atoms with E-state index in [0.29, 0.717) is 0 Å². The van der Waals surface area contributed by atoms with Crippen molar-refractivity contribution >= 4 is 5.69 Å². The minimum absolute atomic E-state index is 0.138. The third-order valence-corrected chi connectivity index (χ3v) is 3.53. The molecule has 2 heteroatoms. The molecule has 0 atom stereocenters. The zero-order chi connectivity index (χ0) is 10.8. The molecule has 0 aromatic heterocycles. The number of aliphatic hydroxyl groups is 1. The van der Waals surface area contributed by atoms with Gasteiger partial charge in [0.25, 0.3) is 0 Å². The van der Waals surface area contributed by atoms with Crippen molar-refractivity contribution in [1.82, 2.24) is 0 Å². The van der Waals surface area contributed by atoms with Gasteiger partial charge in [-0.25, -0.2) is 0 Å². The number of hydrogen-bond acceptors (Lipinski definition) is 2. The number of aliphatic hydroxyl groups excluding tert-OH is 1. The molecule has 1 fully saturated rings. The van der Waals surface area contributed by atoms with Gasteiger partial charge in [0.1, 0.15) is 0 Å². The third kappa shape index (κ3) is 2.00. The molecule has 1 saturated carbocycles. The fraction of sp³-hybridized carbons (Fsp3) is 0.538. The Kier molecular flexibility index (Phi) is 2.96. The van der Waals surface area contributed by atoms with Crippen molar-refractivity contribution in [3.63, 3.8) is 0 Å². The van der Waals surface area contributed by atoms with Crippen LogP contribution in [-0.4, -0.2) is 18.2 Å². The van der Waals surface area contributed by atoms with Crippen LogP contribution in [0.1, 0.15) is 30.4 Å². The maximum absolute atomic E-state index is 9.10. The molecule has 2 nitrogen and oxygen atoms in total. The van der Waals surface area contributed by atoms with E-state index in [4.69, 9.17) is 5.11 Å². The molecule has 15 heavy (non-hydrogen) atoms. The van der Waals surface area contributed by atoms with Crippen molar-refractivity contribution in [3.8, 4) is 0 Å². The van der Waals surface area contributed by atoms with Crippen molar-refractivity contribution in [2.45, 2.75) is 38.8 Å². The van der Waals surface area contributed by atoms with Crippen molar-refractivity contribution < 1.29 is 5.11 Å². The van der Waals surface area contributed by atoms with Gasteiger partial charge in [-0.15, -0.1) is 0 Å². The van der Waals surface area contributed by atoms with Crippen LogP contribution >= 0.6 is 0 Å². The Labute approximate surface area is 91.5 Å². The topological polar surface area (TPSA) is 23.5 Å². The Balaban J connectivity index is 2.17. The molecule has 0 spiro atoms. The molecule has 0 unspecified atom stereocenters. The van der Waals surface area contributed by atoms with Gasteiger partial charge in [-0.2, -0.15) is 0 Å². The van der Waals surface area contributed by atoms with Gasteiger partial charge in [0.2, 0.25) is 0 Å². The predicted octanol–water partition coefficient (Wildman–Crippen LogP) is 2.48. The normalized spacial score (nSPS) is 16.2. The first-order chi connectivity index (χ1) is 7.22. The van der Waals surface area contributed by atoms with Crippen molar-refractivity contribution in [2.75, 3.05) is 11.9 Å². The average molecular weight is 205 g/mol. The van der Waals surface area contributed by atoms with E-state index in [-0.39, 0.29) is 6.61 Å². The first-order valence-electron chi connectivity index (χ1n) is 5.65. The molecule has 0 aliphatic heterocycles. The molecular formula is C13H19NO. The van der Waals surface area contributed by atoms with Gasteiger partial charge in [0, 0.05) is 18.8 Å². The fourth-order valence-corrected chi connectivity index (χ4v) is 2.06. The summed E-state index contributed by atoms with van der Waals surface area (Å²) in [4.78, 5) is 2.36. The van der Waals surface area contributed by atoms with Gasteiger partial charge >= 0.3 is 0 Å². The molecule has 0 saturated heterocycles. The summed E-state index contributed by atoms with van der Waals surface area (Å²) in [7, 11) is 2.16. The molecule has 82 valence electrons. The lowest BCUT2D eigenvalue weighted by molar-refractivity contribution is 0.281. The van der Waals surface area contributed by atoms with Gasteiger partial charge < -0.3 is 10.0 Å². The number of nitrogens with zero attached hydrogens (tertiary/aromatic N) is 1. The molecule has 1 aliphatic rings. The Hall–Kier alpha value is -1.02. The van der Waals surface area contributed by atoms with Crippen LogP contribution in [0.4, 0.5) is 5.69 Å². The van der Waals surface area contributed by atoms with E-state index in [2.05, 4.69) is 31.0 Å². The van der Waals surface area contributed by atoms with E-state index >= 15 is 0 Å². The van der Waals surface area contributed by atoms with Crippen LogP contribution in [0.2, 0.25) is 0 Å². The second-order valence-corrected chi connectivity index (χ2v) is 4.46. The maximum atomic E-state index is 9.10. The Morgan fingerprint density at radius 2 is 2.13 bits per heavy atom. The molecule has 0 radical (unpaired) electrons. The summed E-state index contributed by atoms with van der Waals surface area (Å²) in [6.45, 7) is 2.20. The monoisotopic (exact) mass is 205 g/mol. The average Bonchev–Trinajstić information content (AvgIpc) is 2.15. The van der Waals surface area contributed by atoms with Crippen LogP contribution in [0.3, 0.4) is 0 Å². The lowest BCUT2D eigenvalue weighted by Crippen LogP contribution is -2.37. The third-order valence-electron chi connectivity index (χ3n) is 3.53. The van der Waals surface area contributed by atoms with Gasteiger partial charge in [-0.05, 0) is 49.4 Å². The molecule has 2 rings (SSSR count). The molecular weight excluding hydrogens is 186 g/mol. The molecule has 0 bridgehead atoms. The summed E-state index contributed by atoms with van der Waals surface area (Å²) in [6, 6.07) is 7.03. The Morgan fingerprint density at radius 3 is 2.60 bits per heavy atom. The number of rotatable bonds is 3. The zero-order valence-corrected chi connectivity index (χ0v) is 9.53. The second kappa shape index (κ2) is 4.23. The van der Waals surface area contributed by atoms with Gasteiger partial charge in [-0.3, -0.25) is 0 Å². The van der Waals surface area contributed by atoms with Gasteiger partial charge in [-0.1, -0.05) is 6.07 Å². The molecule has 1 aromatic carbocycles. The first kappa shape index (κ1) is 10.5. The molecule has 1 N–H and O–H groups in total. The second-order valence-electron chi connectivity index (χ2n) is 4.46. The lowest BCUT2D eigenvalue weighted by atomic mass is 9.91. The van der Waals surface area contributed by atoms with E-state index in [0.717, 1.165) is 11.6 Å². The summed E-state index contributed by atoms with van der Waals surface area (Å²) in [5.41, 5.74) is 3.48. The van der Waals surface area contributed by atoms with Crippen LogP contribution in [0.25, 0.3) is 0 Å². The van der Waals surface area contributed by atoms with Crippen molar-refractivity contribution in [2.24, 2.45) is 0 Å². The van der Waals surface area contributed by atoms with Crippen LogP contribution in [0.5, 0.6) is 0 Å². The first-order valence-corrected chi connectivity index (χ1v) is 5.65. The largest absolute Gasteiger partial charge is 0.392 e. The predicted molar refractivity (Wildman–Crippen MR) is 63.1 cm³/mol. The van der Waals surface area contributed by atoms with E-state index in [1.54, 1.807) is 0 Å². The summed E-state index contributed by atoms with van der Waals surface area (Å²) in [5, 5.41) is 9.10. The number of hydrogen-bond donors (Lipinski definition) is 1. The minimum atomic E-state index is 0.138. The molecule has 1 aromatic rings. The SMILES string of the molecule is Cc1cc(N(C)C2CCC2)ccc1CO. The standard InChI is InChI=1S/C13H19NO/c1-10-8-13(7-6-11(10)9-15)14(2)12-4-3-5-12/h6-8,12,15H,3-5,9H2,1-2H3. The van der Waals surface area contributed by atoms with E-state index in [1.807, 2.05) is 6.07 Å². The van der Waals surface area contributed by atoms with E-state index < -0.39 is 0 Å². The molecule has 0 heterocycles. The number of benzene rings is 1. The summed E-state index contributed by atoms with van der Waals surface area (Å²) in [5.74, 6) is 0. The maximum Gasteiger partial charge on any atom is 0.0684 e. The Bertz CT molecular complexity index is 344. The number of aryl methyl sites for hydroxylation is 1. The Morgan fingerprint density at radius 1 is 1.40 bits per heavy atom. The molecule has 1 aliphatic carbocycles. The summed E-state index contributed by atoms with van der Waals surface area (Å²) >= 11 is 0. The van der Waals surface area contributed by atoms with Gasteiger partial charge in [0.05, 0.1) is 6.61 Å². The highest BCUT2D eigenvalue weighted by Gasteiger charge is 2.22. The lowest BCUT2D eigenvalue weighted by Gasteiger charge is -2.36. The van der Waals surface area contributed by atoms with Crippen molar-refractivity contribution in [1.29, 1.82) is 0 Å². The minimum Gasteiger partial charge on any atom is -0.392 e. The summed E-state index contributed by atoms with van der Waals surface area (Å²) < 4.78 is 0. The van der Waals surface area contributed by atoms with Crippen LogP contribution < -0.4 is 4.90 Å².